The quantitative estimate of drug-likeness (QED) is 0.149. The molecule has 3 aromatic heterocycles. The van der Waals surface area contributed by atoms with Crippen molar-refractivity contribution in [1.29, 1.82) is 0 Å². The minimum absolute atomic E-state index is 0. The summed E-state index contributed by atoms with van der Waals surface area (Å²) in [6.45, 7) is 29.6. The molecule has 77 heavy (non-hydrogen) atoms. The Kier molecular flexibility index (Phi) is 12.7. The maximum Gasteiger partial charge on any atom is 0.135 e. The van der Waals surface area contributed by atoms with Gasteiger partial charge in [-0.2, -0.15) is 12.1 Å². The van der Waals surface area contributed by atoms with Gasteiger partial charge in [-0.25, -0.2) is 4.98 Å². The van der Waals surface area contributed by atoms with E-state index in [0.29, 0.717) is 11.5 Å². The van der Waals surface area contributed by atoms with Gasteiger partial charge in [0.2, 0.25) is 0 Å². The number of rotatable bonds is 7. The fourth-order valence-electron chi connectivity index (χ4n) is 10.9. The number of anilines is 4. The molecule has 0 bridgehead atoms. The van der Waals surface area contributed by atoms with Gasteiger partial charge >= 0.3 is 0 Å². The second kappa shape index (κ2) is 19.0. The normalized spacial score (nSPS) is 13.2. The zero-order chi connectivity index (χ0) is 53.1. The largest absolute Gasteiger partial charge is 0.509 e. The van der Waals surface area contributed by atoms with Gasteiger partial charge in [-0.05, 0) is 115 Å². The molecule has 0 unspecified atom stereocenters. The van der Waals surface area contributed by atoms with Gasteiger partial charge in [0.15, 0.2) is 0 Å². The summed E-state index contributed by atoms with van der Waals surface area (Å²) >= 11 is 0. The second-order valence-corrected chi connectivity index (χ2v) is 24.8. The van der Waals surface area contributed by atoms with Crippen LogP contribution in [0.4, 0.5) is 22.7 Å². The number of hydrogen-bond donors (Lipinski definition) is 0. The molecule has 7 heteroatoms. The Morgan fingerprint density at radius 1 is 0.429 bits per heavy atom. The fourth-order valence-corrected chi connectivity index (χ4v) is 10.9. The van der Waals surface area contributed by atoms with Crippen LogP contribution < -0.4 is 14.5 Å². The Balaban J connectivity index is 0.00000631. The third kappa shape index (κ3) is 9.33. The van der Waals surface area contributed by atoms with Crippen molar-refractivity contribution in [3.05, 3.63) is 217 Å². The van der Waals surface area contributed by atoms with Crippen molar-refractivity contribution in [2.75, 3.05) is 9.80 Å². The van der Waals surface area contributed by atoms with Crippen LogP contribution in [0.3, 0.4) is 0 Å². The summed E-state index contributed by atoms with van der Waals surface area (Å²) in [5, 5.41) is 4.65. The summed E-state index contributed by atoms with van der Waals surface area (Å²) in [6, 6.07) is 69.1. The molecular weight excluding hydrogens is 1120 g/mol. The van der Waals surface area contributed by atoms with Crippen LogP contribution in [0.15, 0.2) is 176 Å². The Labute approximate surface area is 469 Å². The average Bonchev–Trinajstić information content (AvgIpc) is 4.09. The topological polar surface area (TPSA) is 38.5 Å². The molecule has 6 nitrogen and oxygen atoms in total. The molecule has 12 rings (SSSR count). The molecule has 0 N–H and O–H groups in total. The molecule has 390 valence electrons. The fraction of sp³-hybridized carbons (Fsp3) is 0.229. The van der Waals surface area contributed by atoms with Crippen molar-refractivity contribution in [3.8, 4) is 34.1 Å². The third-order valence-corrected chi connectivity index (χ3v) is 15.3. The molecule has 0 fully saturated rings. The zero-order valence-electron chi connectivity index (χ0n) is 46.3. The number of ether oxygens (including phenoxy) is 1. The van der Waals surface area contributed by atoms with Crippen LogP contribution in [0.1, 0.15) is 105 Å². The first kappa shape index (κ1) is 51.7. The maximum absolute atomic E-state index is 6.87. The maximum atomic E-state index is 6.87. The number of pyridine rings is 1. The van der Waals surface area contributed by atoms with Crippen molar-refractivity contribution in [2.45, 2.75) is 105 Å². The molecule has 0 spiro atoms. The van der Waals surface area contributed by atoms with Crippen LogP contribution in [-0.4, -0.2) is 14.1 Å². The molecule has 0 amide bonds. The minimum atomic E-state index is -0.0764. The van der Waals surface area contributed by atoms with Crippen molar-refractivity contribution in [1.82, 2.24) is 14.1 Å². The van der Waals surface area contributed by atoms with E-state index >= 15 is 0 Å². The number of hydrogen-bond acceptors (Lipinski definition) is 4. The smallest absolute Gasteiger partial charge is 0.135 e. The van der Waals surface area contributed by atoms with Crippen LogP contribution in [0.2, 0.25) is 0 Å². The molecule has 0 atom stereocenters. The van der Waals surface area contributed by atoms with Gasteiger partial charge in [0.25, 0.3) is 0 Å². The van der Waals surface area contributed by atoms with E-state index in [2.05, 4.69) is 279 Å². The number of fused-ring (bicyclic) bond motifs is 7. The Bertz CT molecular complexity index is 3990. The molecule has 0 aliphatic carbocycles. The van der Waals surface area contributed by atoms with E-state index in [1.54, 1.807) is 0 Å². The van der Waals surface area contributed by atoms with Gasteiger partial charge < -0.3 is 23.7 Å². The first-order valence-electron chi connectivity index (χ1n) is 26.7. The Hall–Kier alpha value is -7.40. The standard InChI is InChI=1S/C70H66N5O.Pt/c1-67(2,3)47-21-17-20-45(36-47)46-30-33-61-58(37-46)57-32-31-54(43-64(57)75(61)65-41-48(34-35-71-65)68(4,5)6)76-53-23-18-22-51(42-53)72-44-73(52-39-49(69(7,8)9)38-50(40-52)70(10,11)12)66-62(72)28-19-29-63(66)74-59-26-15-13-24-55(59)56-25-14-16-27-60(56)74;/h13-41,44H,1-12H3;/q-3;. The molecule has 8 aromatic carbocycles. The molecule has 0 saturated heterocycles. The van der Waals surface area contributed by atoms with Crippen LogP contribution in [0.25, 0.3) is 66.2 Å². The monoisotopic (exact) mass is 1190 g/mol. The van der Waals surface area contributed by atoms with Crippen LogP contribution in [0.5, 0.6) is 11.5 Å². The van der Waals surface area contributed by atoms with Crippen molar-refractivity contribution < 1.29 is 25.8 Å². The van der Waals surface area contributed by atoms with Crippen LogP contribution in [-0.2, 0) is 42.7 Å². The van der Waals surface area contributed by atoms with Gasteiger partial charge in [-0.15, -0.1) is 48.1 Å². The summed E-state index contributed by atoms with van der Waals surface area (Å²) in [5.74, 6) is 2.01. The molecule has 4 heterocycles. The van der Waals surface area contributed by atoms with Gasteiger partial charge in [0.1, 0.15) is 5.82 Å². The Morgan fingerprint density at radius 3 is 1.69 bits per heavy atom. The average molecular weight is 1190 g/mol. The van der Waals surface area contributed by atoms with Crippen molar-refractivity contribution in [3.63, 3.8) is 0 Å². The number of benzene rings is 8. The second-order valence-electron chi connectivity index (χ2n) is 24.8. The van der Waals surface area contributed by atoms with Crippen LogP contribution in [0, 0.1) is 18.8 Å². The number of para-hydroxylation sites is 3. The van der Waals surface area contributed by atoms with E-state index in [-0.39, 0.29) is 42.7 Å². The molecule has 11 aromatic rings. The number of nitrogens with zero attached hydrogens (tertiary/aromatic N) is 5. The van der Waals surface area contributed by atoms with Crippen molar-refractivity contribution >= 4 is 66.4 Å². The zero-order valence-corrected chi connectivity index (χ0v) is 48.6. The van der Waals surface area contributed by atoms with E-state index < -0.39 is 0 Å². The first-order chi connectivity index (χ1) is 36.2. The summed E-state index contributed by atoms with van der Waals surface area (Å²) in [4.78, 5) is 9.64. The molecule has 1 aliphatic heterocycles. The van der Waals surface area contributed by atoms with Crippen LogP contribution >= 0.6 is 0 Å². The summed E-state index contributed by atoms with van der Waals surface area (Å²) < 4.78 is 11.5. The minimum Gasteiger partial charge on any atom is -0.509 e. The first-order valence-corrected chi connectivity index (χ1v) is 26.7. The predicted molar refractivity (Wildman–Crippen MR) is 319 cm³/mol. The molecule has 1 aliphatic rings. The van der Waals surface area contributed by atoms with Crippen molar-refractivity contribution in [2.24, 2.45) is 0 Å². The number of aromatic nitrogens is 3. The molecule has 0 radical (unpaired) electrons. The summed E-state index contributed by atoms with van der Waals surface area (Å²) in [6.07, 6.45) is 1.92. The third-order valence-electron chi connectivity index (χ3n) is 15.3. The van der Waals surface area contributed by atoms with E-state index in [0.717, 1.165) is 67.1 Å². The van der Waals surface area contributed by atoms with E-state index in [4.69, 9.17) is 9.72 Å². The van der Waals surface area contributed by atoms with Gasteiger partial charge in [0, 0.05) is 66.4 Å². The predicted octanol–water partition coefficient (Wildman–Crippen LogP) is 18.9. The van der Waals surface area contributed by atoms with Gasteiger partial charge in [0.05, 0.1) is 22.4 Å². The van der Waals surface area contributed by atoms with Gasteiger partial charge in [-0.1, -0.05) is 174 Å². The van der Waals surface area contributed by atoms with Gasteiger partial charge in [-0.3, -0.25) is 0 Å². The Morgan fingerprint density at radius 2 is 1.01 bits per heavy atom. The summed E-state index contributed by atoms with van der Waals surface area (Å²) in [5.41, 5.74) is 16.7. The summed E-state index contributed by atoms with van der Waals surface area (Å²) in [7, 11) is 0. The van der Waals surface area contributed by atoms with E-state index in [1.165, 1.54) is 44.2 Å². The SMILES string of the molecule is CC(C)(C)c1cccc(-c2ccc3c(c2)c2ccc(Oc4[c-]c(N5[CH-]N(c6cc(C(C)(C)C)cc(C(C)(C)C)c6)c6c5cccc6-n5c6ccccc6c6ccccc65)ccc4)[c-]c2n3-c2cc(C(C)(C)C)ccn2)c1.[Pt]. The molecular formula is C70H66N5OPt-3. The van der Waals surface area contributed by atoms with E-state index in [1.807, 2.05) is 18.3 Å². The molecule has 0 saturated carbocycles. The van der Waals surface area contributed by atoms with E-state index in [9.17, 15) is 0 Å².